The second kappa shape index (κ2) is 8.59. The minimum absolute atomic E-state index is 0.0470. The summed E-state index contributed by atoms with van der Waals surface area (Å²) in [7, 11) is 0. The highest BCUT2D eigenvalue weighted by Gasteiger charge is 2.18. The lowest BCUT2D eigenvalue weighted by atomic mass is 10.1. The molecule has 0 N–H and O–H groups in total. The van der Waals surface area contributed by atoms with Crippen LogP contribution in [0.2, 0.25) is 0 Å². The van der Waals surface area contributed by atoms with E-state index >= 15 is 0 Å². The lowest BCUT2D eigenvalue weighted by Crippen LogP contribution is -2.33. The van der Waals surface area contributed by atoms with Crippen molar-refractivity contribution in [1.82, 2.24) is 9.47 Å². The van der Waals surface area contributed by atoms with Crippen LogP contribution >= 0.6 is 0 Å². The number of benzene rings is 2. The molecule has 0 aliphatic carbocycles. The molecule has 3 aromatic rings. The van der Waals surface area contributed by atoms with Gasteiger partial charge in [-0.25, -0.2) is 0 Å². The van der Waals surface area contributed by atoms with E-state index in [0.717, 1.165) is 37.0 Å². The van der Waals surface area contributed by atoms with Crippen molar-refractivity contribution in [1.29, 1.82) is 0 Å². The first kappa shape index (κ1) is 18.7. The molecule has 0 spiro atoms. The molecule has 146 valence electrons. The lowest BCUT2D eigenvalue weighted by Gasteiger charge is -2.22. The molecule has 4 nitrogen and oxygen atoms in total. The summed E-state index contributed by atoms with van der Waals surface area (Å²) in [5.41, 5.74) is 3.09. The molecule has 4 heteroatoms. The van der Waals surface area contributed by atoms with E-state index in [-0.39, 0.29) is 11.8 Å². The van der Waals surface area contributed by atoms with Crippen molar-refractivity contribution in [2.24, 2.45) is 0 Å². The molecule has 2 bridgehead atoms. The van der Waals surface area contributed by atoms with E-state index < -0.39 is 0 Å². The van der Waals surface area contributed by atoms with Crippen molar-refractivity contribution >= 4 is 22.8 Å². The Morgan fingerprint density at radius 1 is 0.536 bits per heavy atom. The van der Waals surface area contributed by atoms with Gasteiger partial charge in [-0.15, -0.1) is 0 Å². The first-order valence-electron chi connectivity index (χ1n) is 10.6. The lowest BCUT2D eigenvalue weighted by molar-refractivity contribution is 0.0749. The number of amides is 1. The molecule has 1 aliphatic heterocycles. The van der Waals surface area contributed by atoms with E-state index in [9.17, 15) is 9.59 Å². The van der Waals surface area contributed by atoms with Gasteiger partial charge >= 0.3 is 0 Å². The highest BCUT2D eigenvalue weighted by atomic mass is 16.2. The van der Waals surface area contributed by atoms with E-state index in [0.29, 0.717) is 11.1 Å². The number of hydrogen-bond acceptors (Lipinski definition) is 2. The van der Waals surface area contributed by atoms with Gasteiger partial charge in [0.2, 0.25) is 0 Å². The molecule has 0 saturated carbocycles. The van der Waals surface area contributed by atoms with Crippen molar-refractivity contribution in [3.05, 3.63) is 59.7 Å². The Morgan fingerprint density at radius 3 is 1.39 bits per heavy atom. The Balaban J connectivity index is 1.46. The number of aromatic nitrogens is 1. The predicted molar refractivity (Wildman–Crippen MR) is 112 cm³/mol. The standard InChI is InChI=1S/C24H28N2O2/c27-23(25-17-7-5-3-1-2-4-6-8-18-25)19-9-11-20(12-10-19)24(28)26-21-13-14-22(26)16-15-21/h9-16H,1-8,17-18H2. The average molecular weight is 377 g/mol. The summed E-state index contributed by atoms with van der Waals surface area (Å²) >= 11 is 0. The molecular weight excluding hydrogens is 348 g/mol. The molecule has 2 aromatic heterocycles. The molecule has 0 radical (unpaired) electrons. The van der Waals surface area contributed by atoms with Crippen LogP contribution in [-0.2, 0) is 0 Å². The Hall–Kier alpha value is -2.62. The van der Waals surface area contributed by atoms with Crippen LogP contribution in [0.25, 0.3) is 11.0 Å². The number of hydrogen-bond donors (Lipinski definition) is 0. The number of rotatable bonds is 2. The largest absolute Gasteiger partial charge is 0.339 e. The Bertz CT molecular complexity index is 866. The summed E-state index contributed by atoms with van der Waals surface area (Å²) < 4.78 is 1.71. The van der Waals surface area contributed by atoms with Gasteiger partial charge < -0.3 is 4.90 Å². The summed E-state index contributed by atoms with van der Waals surface area (Å²) in [6.07, 6.45) is 9.75. The van der Waals surface area contributed by atoms with Gasteiger partial charge in [0, 0.05) is 35.2 Å². The van der Waals surface area contributed by atoms with Gasteiger partial charge in [0.1, 0.15) is 0 Å². The van der Waals surface area contributed by atoms with E-state index in [1.54, 1.807) is 28.8 Å². The van der Waals surface area contributed by atoms with Crippen LogP contribution in [-0.4, -0.2) is 34.4 Å². The molecule has 1 fully saturated rings. The van der Waals surface area contributed by atoms with Gasteiger partial charge in [-0.3, -0.25) is 14.2 Å². The molecule has 1 amide bonds. The molecule has 1 aliphatic rings. The van der Waals surface area contributed by atoms with E-state index in [1.807, 2.05) is 29.2 Å². The van der Waals surface area contributed by atoms with Crippen LogP contribution in [0.5, 0.6) is 0 Å². The van der Waals surface area contributed by atoms with E-state index in [1.165, 1.54) is 38.5 Å². The van der Waals surface area contributed by atoms with Crippen molar-refractivity contribution in [3.8, 4) is 0 Å². The molecule has 0 unspecified atom stereocenters. The molecule has 1 aromatic carbocycles. The van der Waals surface area contributed by atoms with E-state index in [4.69, 9.17) is 0 Å². The second-order valence-corrected chi connectivity index (χ2v) is 7.85. The van der Waals surface area contributed by atoms with Crippen LogP contribution in [0.3, 0.4) is 0 Å². The fraction of sp³-hybridized carbons (Fsp3) is 0.417. The fourth-order valence-electron chi connectivity index (χ4n) is 4.18. The van der Waals surface area contributed by atoms with Crippen LogP contribution in [0.1, 0.15) is 72.1 Å². The molecular formula is C24H28N2O2. The maximum Gasteiger partial charge on any atom is 0.262 e. The molecule has 28 heavy (non-hydrogen) atoms. The third kappa shape index (κ3) is 3.96. The number of carbonyl (C=O) groups excluding carboxylic acids is 2. The van der Waals surface area contributed by atoms with Crippen LogP contribution in [0.15, 0.2) is 48.5 Å². The molecule has 1 saturated heterocycles. The van der Waals surface area contributed by atoms with Gasteiger partial charge in [0.15, 0.2) is 0 Å². The Kier molecular flexibility index (Phi) is 5.75. The van der Waals surface area contributed by atoms with Gasteiger partial charge in [0.25, 0.3) is 11.8 Å². The summed E-state index contributed by atoms with van der Waals surface area (Å²) in [6.45, 7) is 1.67. The first-order chi connectivity index (χ1) is 13.7. The predicted octanol–water partition coefficient (Wildman–Crippen LogP) is 5.34. The van der Waals surface area contributed by atoms with Gasteiger partial charge in [-0.2, -0.15) is 0 Å². The smallest absolute Gasteiger partial charge is 0.262 e. The SMILES string of the molecule is O=C(c1ccc(C(=O)n2c3ccc2cc3)cc1)N1CCCCCCCCCC1. The Morgan fingerprint density at radius 2 is 0.929 bits per heavy atom. The summed E-state index contributed by atoms with van der Waals surface area (Å²) in [6, 6.07) is 14.9. The van der Waals surface area contributed by atoms with E-state index in [2.05, 4.69) is 0 Å². The van der Waals surface area contributed by atoms with Gasteiger partial charge in [-0.1, -0.05) is 38.5 Å². The highest BCUT2D eigenvalue weighted by molar-refractivity contribution is 6.04. The monoisotopic (exact) mass is 376 g/mol. The highest BCUT2D eigenvalue weighted by Crippen LogP contribution is 2.20. The van der Waals surface area contributed by atoms with Crippen LogP contribution in [0.4, 0.5) is 0 Å². The van der Waals surface area contributed by atoms with Crippen molar-refractivity contribution in [2.75, 3.05) is 13.1 Å². The number of fused-ring (bicyclic) bond motifs is 2. The summed E-state index contributed by atoms with van der Waals surface area (Å²) in [5.74, 6) is 0.0424. The van der Waals surface area contributed by atoms with Gasteiger partial charge in [-0.05, 0) is 61.4 Å². The zero-order valence-electron chi connectivity index (χ0n) is 16.4. The summed E-state index contributed by atoms with van der Waals surface area (Å²) in [5, 5.41) is 0. The summed E-state index contributed by atoms with van der Waals surface area (Å²) in [4.78, 5) is 27.8. The average Bonchev–Trinajstić information content (AvgIpc) is 3.31. The normalized spacial score (nSPS) is 16.8. The second-order valence-electron chi connectivity index (χ2n) is 7.85. The zero-order chi connectivity index (χ0) is 19.3. The molecule has 0 atom stereocenters. The minimum atomic E-state index is -0.0470. The molecule has 4 rings (SSSR count). The minimum Gasteiger partial charge on any atom is -0.339 e. The van der Waals surface area contributed by atoms with Crippen molar-refractivity contribution in [2.45, 2.75) is 51.4 Å². The maximum absolute atomic E-state index is 13.0. The maximum atomic E-state index is 13.0. The number of nitrogens with zero attached hydrogens (tertiary/aromatic N) is 2. The Labute approximate surface area is 166 Å². The zero-order valence-corrected chi connectivity index (χ0v) is 16.4. The van der Waals surface area contributed by atoms with Crippen LogP contribution < -0.4 is 0 Å². The first-order valence-corrected chi connectivity index (χ1v) is 10.6. The molecule has 3 heterocycles. The van der Waals surface area contributed by atoms with Crippen molar-refractivity contribution in [3.63, 3.8) is 0 Å². The topological polar surface area (TPSA) is 42.3 Å². The quantitative estimate of drug-likeness (QED) is 0.605. The van der Waals surface area contributed by atoms with Crippen molar-refractivity contribution < 1.29 is 9.59 Å². The fourth-order valence-corrected chi connectivity index (χ4v) is 4.18. The van der Waals surface area contributed by atoms with Gasteiger partial charge in [0.05, 0.1) is 0 Å². The third-order valence-electron chi connectivity index (χ3n) is 5.84. The third-order valence-corrected chi connectivity index (χ3v) is 5.84. The van der Waals surface area contributed by atoms with Crippen LogP contribution in [0, 0.1) is 0 Å². The number of carbonyl (C=O) groups is 2.